The van der Waals surface area contributed by atoms with Crippen LogP contribution in [0.5, 0.6) is 0 Å². The summed E-state index contributed by atoms with van der Waals surface area (Å²) in [4.78, 5) is 25.8. The van der Waals surface area contributed by atoms with Crippen LogP contribution in [0.4, 0.5) is 0 Å². The number of carbonyl (C=O) groups is 2. The number of amides is 1. The molecule has 2 rings (SSSR count). The van der Waals surface area contributed by atoms with Gasteiger partial charge in [-0.05, 0) is 25.7 Å². The van der Waals surface area contributed by atoms with Gasteiger partial charge in [-0.25, -0.2) is 0 Å². The summed E-state index contributed by atoms with van der Waals surface area (Å²) in [5.74, 6) is -2.04. The highest BCUT2D eigenvalue weighted by Crippen LogP contribution is 2.44. The van der Waals surface area contributed by atoms with Crippen LogP contribution in [0.2, 0.25) is 0 Å². The number of rotatable bonds is 6. The van der Waals surface area contributed by atoms with Crippen LogP contribution < -0.4 is 0 Å². The number of carboxylic acid groups (broad SMARTS) is 1. The van der Waals surface area contributed by atoms with Crippen LogP contribution >= 0.6 is 0 Å². The first-order chi connectivity index (χ1) is 9.10. The Balaban J connectivity index is 2.13. The van der Waals surface area contributed by atoms with Crippen molar-refractivity contribution in [2.24, 2.45) is 11.8 Å². The van der Waals surface area contributed by atoms with Gasteiger partial charge in [-0.1, -0.05) is 13.8 Å². The van der Waals surface area contributed by atoms with E-state index >= 15 is 0 Å². The molecule has 0 unspecified atom stereocenters. The van der Waals surface area contributed by atoms with Crippen LogP contribution in [0.15, 0.2) is 0 Å². The fourth-order valence-electron chi connectivity index (χ4n) is 3.39. The lowest BCUT2D eigenvalue weighted by molar-refractivity contribution is -0.150. The van der Waals surface area contributed by atoms with E-state index in [2.05, 4.69) is 0 Å². The summed E-state index contributed by atoms with van der Waals surface area (Å²) in [7, 11) is 0. The van der Waals surface area contributed by atoms with Gasteiger partial charge in [-0.2, -0.15) is 0 Å². The fourth-order valence-corrected chi connectivity index (χ4v) is 3.39. The van der Waals surface area contributed by atoms with Crippen LogP contribution in [0.25, 0.3) is 0 Å². The van der Waals surface area contributed by atoms with E-state index in [1.807, 2.05) is 18.7 Å². The minimum absolute atomic E-state index is 0.0247. The van der Waals surface area contributed by atoms with Crippen LogP contribution in [0.3, 0.4) is 0 Å². The van der Waals surface area contributed by atoms with Crippen molar-refractivity contribution in [3.8, 4) is 0 Å². The zero-order chi connectivity index (χ0) is 14.0. The highest BCUT2D eigenvalue weighted by atomic mass is 16.5. The average molecular weight is 269 g/mol. The Morgan fingerprint density at radius 3 is 2.11 bits per heavy atom. The van der Waals surface area contributed by atoms with Crippen molar-refractivity contribution in [3.63, 3.8) is 0 Å². The molecule has 0 aromatic rings. The number of carbonyl (C=O) groups excluding carboxylic acids is 1. The molecule has 1 N–H and O–H groups in total. The predicted octanol–water partition coefficient (Wildman–Crippen LogP) is 1.51. The van der Waals surface area contributed by atoms with Gasteiger partial charge in [0.05, 0.1) is 24.0 Å². The molecule has 2 bridgehead atoms. The molecule has 5 heteroatoms. The van der Waals surface area contributed by atoms with Crippen LogP contribution in [-0.4, -0.2) is 47.2 Å². The summed E-state index contributed by atoms with van der Waals surface area (Å²) in [6.45, 7) is 5.46. The lowest BCUT2D eigenvalue weighted by atomic mass is 9.78. The number of aliphatic carboxylic acids is 1. The van der Waals surface area contributed by atoms with Crippen molar-refractivity contribution in [1.29, 1.82) is 0 Å². The quantitative estimate of drug-likeness (QED) is 0.793. The number of fused-ring (bicyclic) bond motifs is 2. The summed E-state index contributed by atoms with van der Waals surface area (Å²) in [5, 5.41) is 9.35. The molecule has 0 aromatic carbocycles. The van der Waals surface area contributed by atoms with Gasteiger partial charge in [-0.15, -0.1) is 0 Å². The number of carboxylic acids is 1. The van der Waals surface area contributed by atoms with Gasteiger partial charge in [0.2, 0.25) is 5.91 Å². The van der Waals surface area contributed by atoms with Gasteiger partial charge >= 0.3 is 5.97 Å². The first kappa shape index (κ1) is 14.3. The van der Waals surface area contributed by atoms with E-state index < -0.39 is 17.8 Å². The molecular weight excluding hydrogens is 246 g/mol. The Bertz CT molecular complexity index is 351. The molecule has 0 radical (unpaired) electrons. The molecule has 2 aliphatic rings. The topological polar surface area (TPSA) is 66.8 Å². The zero-order valence-electron chi connectivity index (χ0n) is 11.7. The van der Waals surface area contributed by atoms with Gasteiger partial charge in [0.15, 0.2) is 0 Å². The van der Waals surface area contributed by atoms with Gasteiger partial charge < -0.3 is 14.7 Å². The normalized spacial score (nSPS) is 32.5. The van der Waals surface area contributed by atoms with E-state index in [-0.39, 0.29) is 18.1 Å². The molecule has 0 aromatic heterocycles. The Labute approximate surface area is 113 Å². The van der Waals surface area contributed by atoms with E-state index in [1.165, 1.54) is 0 Å². The maximum atomic E-state index is 12.6. The highest BCUT2D eigenvalue weighted by Gasteiger charge is 2.56. The summed E-state index contributed by atoms with van der Waals surface area (Å²) in [6.07, 6.45) is 2.93. The lowest BCUT2D eigenvalue weighted by Gasteiger charge is -2.30. The SMILES string of the molecule is CCCN(CCC)C(=O)[C@@H]1[C@@H](C(=O)O)[C@H]2CC[C@@H]1O2. The molecule has 19 heavy (non-hydrogen) atoms. The standard InChI is InChI=1S/C14H23NO4/c1-3-7-15(8-4-2)13(16)11-9-5-6-10(19-9)12(11)14(17)18/h9-12H,3-8H2,1-2H3,(H,17,18)/t9-,10+,11-,12-/m0/s1. The number of hydrogen-bond acceptors (Lipinski definition) is 3. The molecule has 0 spiro atoms. The van der Waals surface area contributed by atoms with E-state index in [1.54, 1.807) is 0 Å². The van der Waals surface area contributed by atoms with E-state index in [0.29, 0.717) is 13.1 Å². The van der Waals surface area contributed by atoms with Crippen LogP contribution in [0, 0.1) is 11.8 Å². The summed E-state index contributed by atoms with van der Waals surface area (Å²) >= 11 is 0. The van der Waals surface area contributed by atoms with Gasteiger partial charge in [0.25, 0.3) is 0 Å². The Hall–Kier alpha value is -1.10. The van der Waals surface area contributed by atoms with E-state index in [0.717, 1.165) is 25.7 Å². The minimum Gasteiger partial charge on any atom is -0.481 e. The Kier molecular flexibility index (Phi) is 4.45. The average Bonchev–Trinajstić information content (AvgIpc) is 2.97. The Morgan fingerprint density at radius 2 is 1.63 bits per heavy atom. The molecule has 2 saturated heterocycles. The van der Waals surface area contributed by atoms with Crippen molar-refractivity contribution in [3.05, 3.63) is 0 Å². The first-order valence-corrected chi connectivity index (χ1v) is 7.27. The molecule has 2 aliphatic heterocycles. The van der Waals surface area contributed by atoms with Crippen molar-refractivity contribution in [1.82, 2.24) is 4.90 Å². The maximum absolute atomic E-state index is 12.6. The molecule has 4 atom stereocenters. The molecule has 5 nitrogen and oxygen atoms in total. The molecule has 0 saturated carbocycles. The molecule has 2 fully saturated rings. The molecule has 108 valence electrons. The largest absolute Gasteiger partial charge is 0.481 e. The number of nitrogens with zero attached hydrogens (tertiary/aromatic N) is 1. The van der Waals surface area contributed by atoms with Crippen molar-refractivity contribution >= 4 is 11.9 Å². The fraction of sp³-hybridized carbons (Fsp3) is 0.857. The smallest absolute Gasteiger partial charge is 0.310 e. The summed E-state index contributed by atoms with van der Waals surface area (Å²) < 4.78 is 5.66. The second kappa shape index (κ2) is 5.90. The summed E-state index contributed by atoms with van der Waals surface area (Å²) in [6, 6.07) is 0. The third kappa shape index (κ3) is 2.61. The Morgan fingerprint density at radius 1 is 1.11 bits per heavy atom. The van der Waals surface area contributed by atoms with E-state index in [4.69, 9.17) is 4.74 Å². The van der Waals surface area contributed by atoms with Crippen LogP contribution in [0.1, 0.15) is 39.5 Å². The maximum Gasteiger partial charge on any atom is 0.310 e. The highest BCUT2D eigenvalue weighted by molar-refractivity contribution is 5.86. The summed E-state index contributed by atoms with van der Waals surface area (Å²) in [5.41, 5.74) is 0. The van der Waals surface area contributed by atoms with Gasteiger partial charge in [0, 0.05) is 13.1 Å². The predicted molar refractivity (Wildman–Crippen MR) is 69.7 cm³/mol. The van der Waals surface area contributed by atoms with E-state index in [9.17, 15) is 14.7 Å². The van der Waals surface area contributed by atoms with Gasteiger partial charge in [-0.3, -0.25) is 9.59 Å². The van der Waals surface area contributed by atoms with Crippen molar-refractivity contribution in [2.45, 2.75) is 51.7 Å². The third-order valence-corrected chi connectivity index (χ3v) is 4.14. The monoisotopic (exact) mass is 269 g/mol. The molecule has 1 amide bonds. The second-order valence-corrected chi connectivity index (χ2v) is 5.51. The lowest BCUT2D eigenvalue weighted by Crippen LogP contribution is -2.46. The van der Waals surface area contributed by atoms with Crippen LogP contribution in [-0.2, 0) is 14.3 Å². The molecule has 2 heterocycles. The molecule has 0 aliphatic carbocycles. The number of hydrogen-bond donors (Lipinski definition) is 1. The number of ether oxygens (including phenoxy) is 1. The van der Waals surface area contributed by atoms with Gasteiger partial charge in [0.1, 0.15) is 0 Å². The first-order valence-electron chi connectivity index (χ1n) is 7.27. The van der Waals surface area contributed by atoms with Crippen molar-refractivity contribution < 1.29 is 19.4 Å². The second-order valence-electron chi connectivity index (χ2n) is 5.51. The zero-order valence-corrected chi connectivity index (χ0v) is 11.7. The molecular formula is C14H23NO4. The van der Waals surface area contributed by atoms with Crippen molar-refractivity contribution in [2.75, 3.05) is 13.1 Å². The minimum atomic E-state index is -0.890. The third-order valence-electron chi connectivity index (χ3n) is 4.14.